The first-order chi connectivity index (χ1) is 9.70. The van der Waals surface area contributed by atoms with E-state index in [9.17, 15) is 0 Å². The fourth-order valence-electron chi connectivity index (χ4n) is 2.09. The summed E-state index contributed by atoms with van der Waals surface area (Å²) in [5, 5.41) is 5.18. The van der Waals surface area contributed by atoms with E-state index >= 15 is 0 Å². The van der Waals surface area contributed by atoms with Gasteiger partial charge in [0.1, 0.15) is 0 Å². The Morgan fingerprint density at radius 1 is 1.05 bits per heavy atom. The van der Waals surface area contributed by atoms with Crippen LogP contribution in [0.15, 0.2) is 60.9 Å². The van der Waals surface area contributed by atoms with Crippen molar-refractivity contribution in [3.63, 3.8) is 0 Å². The first kappa shape index (κ1) is 13.6. The summed E-state index contributed by atoms with van der Waals surface area (Å²) < 4.78 is 3.16. The summed E-state index contributed by atoms with van der Waals surface area (Å²) in [4.78, 5) is 0. The molecule has 4 heteroatoms. The minimum atomic E-state index is 0.727. The van der Waals surface area contributed by atoms with E-state index in [0.29, 0.717) is 0 Å². The van der Waals surface area contributed by atoms with Gasteiger partial charge in [-0.1, -0.05) is 35.9 Å². The highest BCUT2D eigenvalue weighted by Gasteiger charge is 2.03. The van der Waals surface area contributed by atoms with Crippen LogP contribution in [-0.2, 0) is 6.54 Å². The van der Waals surface area contributed by atoms with Crippen LogP contribution in [0.1, 0.15) is 5.56 Å². The predicted molar refractivity (Wildman–Crippen MR) is 90.9 cm³/mol. The molecule has 0 N–H and O–H groups in total. The van der Waals surface area contributed by atoms with Crippen LogP contribution in [0.25, 0.3) is 11.1 Å². The zero-order valence-corrected chi connectivity index (χ0v) is 13.5. The molecule has 0 saturated heterocycles. The Morgan fingerprint density at radius 3 is 2.70 bits per heavy atom. The molecule has 0 saturated carbocycles. The molecule has 0 fully saturated rings. The van der Waals surface area contributed by atoms with E-state index in [1.807, 2.05) is 29.1 Å². The minimum absolute atomic E-state index is 0.727. The number of rotatable bonds is 3. The molecule has 1 heterocycles. The van der Waals surface area contributed by atoms with Gasteiger partial charge in [0.25, 0.3) is 0 Å². The normalized spacial score (nSPS) is 10.7. The third kappa shape index (κ3) is 3.22. The maximum absolute atomic E-state index is 6.00. The van der Waals surface area contributed by atoms with E-state index in [1.54, 1.807) is 0 Å². The van der Waals surface area contributed by atoms with E-state index in [0.717, 1.165) is 22.7 Å². The quantitative estimate of drug-likeness (QED) is 0.580. The van der Waals surface area contributed by atoms with Gasteiger partial charge in [-0.25, -0.2) is 0 Å². The zero-order valence-electron chi connectivity index (χ0n) is 10.6. The Labute approximate surface area is 136 Å². The molecule has 3 rings (SSSR count). The standard InChI is InChI=1S/C16H12ClIN2/c17-15-5-1-3-12(7-15)10-20-11-14(9-19-20)13-4-2-6-16(18)8-13/h1-9,11H,10H2. The monoisotopic (exact) mass is 394 g/mol. The van der Waals surface area contributed by atoms with Crippen LogP contribution in [0, 0.1) is 3.57 Å². The summed E-state index contributed by atoms with van der Waals surface area (Å²) in [6, 6.07) is 16.3. The molecule has 0 atom stereocenters. The summed E-state index contributed by atoms with van der Waals surface area (Å²) in [6.07, 6.45) is 3.96. The second-order valence-electron chi connectivity index (χ2n) is 4.57. The molecule has 0 bridgehead atoms. The highest BCUT2D eigenvalue weighted by atomic mass is 127. The SMILES string of the molecule is Clc1cccc(Cn2cc(-c3cccc(I)c3)cn2)c1. The van der Waals surface area contributed by atoms with Crippen molar-refractivity contribution in [3.8, 4) is 11.1 Å². The van der Waals surface area contributed by atoms with Gasteiger partial charge in [0, 0.05) is 20.4 Å². The van der Waals surface area contributed by atoms with Crippen molar-refractivity contribution in [2.24, 2.45) is 0 Å². The minimum Gasteiger partial charge on any atom is -0.268 e. The lowest BCUT2D eigenvalue weighted by atomic mass is 10.1. The maximum Gasteiger partial charge on any atom is 0.0660 e. The summed E-state index contributed by atoms with van der Waals surface area (Å²) >= 11 is 8.32. The van der Waals surface area contributed by atoms with Gasteiger partial charge in [0.05, 0.1) is 12.7 Å². The van der Waals surface area contributed by atoms with Crippen LogP contribution in [0.3, 0.4) is 0 Å². The third-order valence-corrected chi connectivity index (χ3v) is 3.93. The lowest BCUT2D eigenvalue weighted by molar-refractivity contribution is 0.687. The highest BCUT2D eigenvalue weighted by molar-refractivity contribution is 14.1. The molecule has 0 aliphatic heterocycles. The van der Waals surface area contributed by atoms with Crippen molar-refractivity contribution in [2.45, 2.75) is 6.54 Å². The molecule has 0 aliphatic carbocycles. The van der Waals surface area contributed by atoms with Crippen LogP contribution in [0.4, 0.5) is 0 Å². The molecule has 2 nitrogen and oxygen atoms in total. The first-order valence-electron chi connectivity index (χ1n) is 6.23. The Morgan fingerprint density at radius 2 is 1.90 bits per heavy atom. The number of benzene rings is 2. The smallest absolute Gasteiger partial charge is 0.0660 e. The van der Waals surface area contributed by atoms with Gasteiger partial charge in [0.15, 0.2) is 0 Å². The van der Waals surface area contributed by atoms with Gasteiger partial charge in [-0.3, -0.25) is 4.68 Å². The Bertz CT molecular complexity index is 737. The van der Waals surface area contributed by atoms with E-state index in [-0.39, 0.29) is 0 Å². The van der Waals surface area contributed by atoms with Crippen molar-refractivity contribution >= 4 is 34.2 Å². The Kier molecular flexibility index (Phi) is 4.08. The third-order valence-electron chi connectivity index (χ3n) is 3.02. The van der Waals surface area contributed by atoms with Gasteiger partial charge in [-0.05, 0) is 58.0 Å². The molecule has 0 unspecified atom stereocenters. The van der Waals surface area contributed by atoms with E-state index in [4.69, 9.17) is 11.6 Å². The van der Waals surface area contributed by atoms with Crippen molar-refractivity contribution in [3.05, 3.63) is 75.1 Å². The van der Waals surface area contributed by atoms with Crippen LogP contribution in [0.5, 0.6) is 0 Å². The lowest BCUT2D eigenvalue weighted by Crippen LogP contribution is -1.99. The van der Waals surface area contributed by atoms with Gasteiger partial charge < -0.3 is 0 Å². The molecular weight excluding hydrogens is 383 g/mol. The topological polar surface area (TPSA) is 17.8 Å². The van der Waals surface area contributed by atoms with Crippen molar-refractivity contribution in [1.29, 1.82) is 0 Å². The molecule has 0 aliphatic rings. The van der Waals surface area contributed by atoms with E-state index in [1.165, 1.54) is 9.13 Å². The van der Waals surface area contributed by atoms with Crippen LogP contribution < -0.4 is 0 Å². The average Bonchev–Trinajstić information content (AvgIpc) is 2.87. The second-order valence-corrected chi connectivity index (χ2v) is 6.25. The molecule has 2 aromatic carbocycles. The fraction of sp³-hybridized carbons (Fsp3) is 0.0625. The number of aromatic nitrogens is 2. The van der Waals surface area contributed by atoms with E-state index in [2.05, 4.69) is 64.2 Å². The lowest BCUT2D eigenvalue weighted by Gasteiger charge is -2.02. The number of hydrogen-bond acceptors (Lipinski definition) is 1. The summed E-state index contributed by atoms with van der Waals surface area (Å²) in [6.45, 7) is 0.727. The van der Waals surface area contributed by atoms with Crippen LogP contribution >= 0.6 is 34.2 Å². The summed E-state index contributed by atoms with van der Waals surface area (Å²) in [5.74, 6) is 0. The molecular formula is C16H12ClIN2. The number of hydrogen-bond donors (Lipinski definition) is 0. The molecule has 0 spiro atoms. The Balaban J connectivity index is 1.84. The average molecular weight is 395 g/mol. The van der Waals surface area contributed by atoms with Gasteiger partial charge in [-0.15, -0.1) is 0 Å². The summed E-state index contributed by atoms with van der Waals surface area (Å²) in [5.41, 5.74) is 3.47. The second kappa shape index (κ2) is 5.97. The van der Waals surface area contributed by atoms with Crippen LogP contribution in [0.2, 0.25) is 5.02 Å². The zero-order chi connectivity index (χ0) is 13.9. The number of nitrogens with zero attached hydrogens (tertiary/aromatic N) is 2. The molecule has 1 aromatic heterocycles. The predicted octanol–water partition coefficient (Wildman–Crippen LogP) is 4.86. The molecule has 100 valence electrons. The van der Waals surface area contributed by atoms with Crippen molar-refractivity contribution in [2.75, 3.05) is 0 Å². The molecule has 0 radical (unpaired) electrons. The highest BCUT2D eigenvalue weighted by Crippen LogP contribution is 2.21. The maximum atomic E-state index is 6.00. The van der Waals surface area contributed by atoms with Crippen LogP contribution in [-0.4, -0.2) is 9.78 Å². The van der Waals surface area contributed by atoms with Crippen molar-refractivity contribution in [1.82, 2.24) is 9.78 Å². The molecule has 0 amide bonds. The van der Waals surface area contributed by atoms with Gasteiger partial charge in [0.2, 0.25) is 0 Å². The Hall–Kier alpha value is -1.33. The first-order valence-corrected chi connectivity index (χ1v) is 7.69. The molecule has 20 heavy (non-hydrogen) atoms. The summed E-state index contributed by atoms with van der Waals surface area (Å²) in [7, 11) is 0. The van der Waals surface area contributed by atoms with Crippen molar-refractivity contribution < 1.29 is 0 Å². The van der Waals surface area contributed by atoms with Gasteiger partial charge in [-0.2, -0.15) is 5.10 Å². The molecule has 3 aromatic rings. The van der Waals surface area contributed by atoms with E-state index < -0.39 is 0 Å². The largest absolute Gasteiger partial charge is 0.268 e. The number of halogens is 2. The fourth-order valence-corrected chi connectivity index (χ4v) is 2.85. The van der Waals surface area contributed by atoms with Gasteiger partial charge >= 0.3 is 0 Å².